The van der Waals surface area contributed by atoms with E-state index in [2.05, 4.69) is 5.32 Å². The first-order valence-corrected chi connectivity index (χ1v) is 7.41. The second kappa shape index (κ2) is 5.89. The minimum atomic E-state index is -0.169. The van der Waals surface area contributed by atoms with Gasteiger partial charge in [-0.15, -0.1) is 0 Å². The summed E-state index contributed by atoms with van der Waals surface area (Å²) in [7, 11) is 4.86. The summed E-state index contributed by atoms with van der Waals surface area (Å²) >= 11 is 5.11. The average Bonchev–Trinajstić information content (AvgIpc) is 2.81. The van der Waals surface area contributed by atoms with Crippen LogP contribution in [-0.4, -0.2) is 37.2 Å². The fourth-order valence-corrected chi connectivity index (χ4v) is 2.72. The van der Waals surface area contributed by atoms with Gasteiger partial charge in [-0.2, -0.15) is 0 Å². The smallest absolute Gasteiger partial charge is 0.276 e. The molecular weight excluding hydrogens is 312 g/mol. The SMILES string of the molecule is COc1ccc2ccc(OC)c(C=C3NC(=S)N(C)C3=O)c2c1. The van der Waals surface area contributed by atoms with Crippen LogP contribution in [0.1, 0.15) is 5.56 Å². The first kappa shape index (κ1) is 15.3. The zero-order valence-electron chi connectivity index (χ0n) is 13.0. The van der Waals surface area contributed by atoms with Crippen LogP contribution in [0.15, 0.2) is 36.0 Å². The Morgan fingerprint density at radius 1 is 1.17 bits per heavy atom. The van der Waals surface area contributed by atoms with Gasteiger partial charge in [0, 0.05) is 12.6 Å². The Hall–Kier alpha value is -2.60. The van der Waals surface area contributed by atoms with E-state index >= 15 is 0 Å². The van der Waals surface area contributed by atoms with E-state index in [1.54, 1.807) is 27.3 Å². The van der Waals surface area contributed by atoms with Crippen molar-refractivity contribution in [2.75, 3.05) is 21.3 Å². The molecule has 23 heavy (non-hydrogen) atoms. The van der Waals surface area contributed by atoms with E-state index in [1.165, 1.54) is 4.90 Å². The van der Waals surface area contributed by atoms with E-state index in [0.29, 0.717) is 16.6 Å². The molecule has 3 rings (SSSR count). The van der Waals surface area contributed by atoms with Crippen LogP contribution in [0.2, 0.25) is 0 Å². The fourth-order valence-electron chi connectivity index (χ4n) is 2.52. The predicted molar refractivity (Wildman–Crippen MR) is 93.5 cm³/mol. The lowest BCUT2D eigenvalue weighted by Gasteiger charge is -2.11. The van der Waals surface area contributed by atoms with Gasteiger partial charge in [0.1, 0.15) is 17.2 Å². The number of likely N-dealkylation sites (N-methyl/N-ethyl adjacent to an activating group) is 1. The molecule has 0 saturated carbocycles. The highest BCUT2D eigenvalue weighted by molar-refractivity contribution is 7.80. The number of benzene rings is 2. The maximum atomic E-state index is 12.2. The highest BCUT2D eigenvalue weighted by Crippen LogP contribution is 2.32. The summed E-state index contributed by atoms with van der Waals surface area (Å²) in [6, 6.07) is 9.63. The average molecular weight is 328 g/mol. The zero-order chi connectivity index (χ0) is 16.6. The highest BCUT2D eigenvalue weighted by Gasteiger charge is 2.27. The van der Waals surface area contributed by atoms with Gasteiger partial charge < -0.3 is 14.8 Å². The number of nitrogens with zero attached hydrogens (tertiary/aromatic N) is 1. The number of methoxy groups -OCH3 is 2. The number of amides is 1. The van der Waals surface area contributed by atoms with Gasteiger partial charge >= 0.3 is 0 Å². The lowest BCUT2D eigenvalue weighted by molar-refractivity contribution is -0.121. The lowest BCUT2D eigenvalue weighted by atomic mass is 10.0. The monoisotopic (exact) mass is 328 g/mol. The van der Waals surface area contributed by atoms with Crippen molar-refractivity contribution in [3.8, 4) is 11.5 Å². The molecule has 1 saturated heterocycles. The standard InChI is InChI=1S/C17H16N2O3S/c1-19-16(20)14(18-17(19)23)9-13-12-8-11(21-2)6-4-10(12)5-7-15(13)22-3/h4-9H,1-3H3,(H,18,23). The van der Waals surface area contributed by atoms with Crippen LogP contribution in [0.5, 0.6) is 11.5 Å². The van der Waals surface area contributed by atoms with Gasteiger partial charge in [-0.1, -0.05) is 12.1 Å². The van der Waals surface area contributed by atoms with Gasteiger partial charge in [0.2, 0.25) is 0 Å². The summed E-state index contributed by atoms with van der Waals surface area (Å²) in [5, 5.41) is 5.28. The number of thiocarbonyl (C=S) groups is 1. The summed E-state index contributed by atoms with van der Waals surface area (Å²) in [5.41, 5.74) is 1.23. The molecule has 6 heteroatoms. The van der Waals surface area contributed by atoms with E-state index < -0.39 is 0 Å². The van der Waals surface area contributed by atoms with Crippen molar-refractivity contribution in [3.63, 3.8) is 0 Å². The third-order valence-electron chi connectivity index (χ3n) is 3.82. The molecule has 0 aliphatic carbocycles. The van der Waals surface area contributed by atoms with Crippen molar-refractivity contribution in [1.29, 1.82) is 0 Å². The van der Waals surface area contributed by atoms with Crippen molar-refractivity contribution >= 4 is 40.1 Å². The number of rotatable bonds is 3. The normalized spacial score (nSPS) is 16.1. The van der Waals surface area contributed by atoms with Crippen LogP contribution in [0.3, 0.4) is 0 Å². The van der Waals surface area contributed by atoms with Crippen LogP contribution < -0.4 is 14.8 Å². The molecule has 2 aromatic carbocycles. The maximum absolute atomic E-state index is 12.2. The molecule has 1 N–H and O–H groups in total. The van der Waals surface area contributed by atoms with Crippen LogP contribution >= 0.6 is 12.2 Å². The molecule has 0 aromatic heterocycles. The van der Waals surface area contributed by atoms with Crippen molar-refractivity contribution in [2.45, 2.75) is 0 Å². The van der Waals surface area contributed by atoms with Crippen LogP contribution in [0.4, 0.5) is 0 Å². The number of fused-ring (bicyclic) bond motifs is 1. The highest BCUT2D eigenvalue weighted by atomic mass is 32.1. The number of hydrogen-bond acceptors (Lipinski definition) is 4. The van der Waals surface area contributed by atoms with Gasteiger partial charge in [0.05, 0.1) is 14.2 Å². The molecule has 1 amide bonds. The van der Waals surface area contributed by atoms with Crippen molar-refractivity contribution in [1.82, 2.24) is 10.2 Å². The minimum Gasteiger partial charge on any atom is -0.497 e. The predicted octanol–water partition coefficient (Wildman–Crippen LogP) is 2.54. The van der Waals surface area contributed by atoms with Crippen LogP contribution in [0.25, 0.3) is 16.8 Å². The van der Waals surface area contributed by atoms with Gasteiger partial charge in [0.25, 0.3) is 5.91 Å². The number of carbonyl (C=O) groups is 1. The second-order valence-electron chi connectivity index (χ2n) is 5.12. The second-order valence-corrected chi connectivity index (χ2v) is 5.51. The third kappa shape index (κ3) is 2.61. The first-order chi connectivity index (χ1) is 11.0. The summed E-state index contributed by atoms with van der Waals surface area (Å²) in [4.78, 5) is 13.6. The molecule has 0 atom stereocenters. The molecule has 0 bridgehead atoms. The molecule has 0 radical (unpaired) electrons. The minimum absolute atomic E-state index is 0.169. The Morgan fingerprint density at radius 3 is 2.52 bits per heavy atom. The van der Waals surface area contributed by atoms with Gasteiger partial charge in [0.15, 0.2) is 5.11 Å². The molecule has 0 unspecified atom stereocenters. The molecule has 1 aliphatic heterocycles. The maximum Gasteiger partial charge on any atom is 0.276 e. The Morgan fingerprint density at radius 2 is 1.91 bits per heavy atom. The summed E-state index contributed by atoms with van der Waals surface area (Å²) in [6.45, 7) is 0. The van der Waals surface area contributed by atoms with Crippen LogP contribution in [-0.2, 0) is 4.79 Å². The molecule has 1 heterocycles. The van der Waals surface area contributed by atoms with E-state index in [0.717, 1.165) is 22.1 Å². The lowest BCUT2D eigenvalue weighted by Crippen LogP contribution is -2.25. The number of nitrogens with one attached hydrogen (secondary N) is 1. The molecule has 2 aromatic rings. The Bertz CT molecular complexity index is 840. The van der Waals surface area contributed by atoms with Gasteiger partial charge in [-0.05, 0) is 47.3 Å². The number of carbonyl (C=O) groups excluding carboxylic acids is 1. The van der Waals surface area contributed by atoms with Crippen molar-refractivity contribution in [3.05, 3.63) is 41.6 Å². The summed E-state index contributed by atoms with van der Waals surface area (Å²) in [6.07, 6.45) is 1.76. The Balaban J connectivity index is 2.22. The van der Waals surface area contributed by atoms with E-state index in [9.17, 15) is 4.79 Å². The molecule has 1 aliphatic rings. The van der Waals surface area contributed by atoms with Gasteiger partial charge in [-0.25, -0.2) is 0 Å². The largest absolute Gasteiger partial charge is 0.497 e. The van der Waals surface area contributed by atoms with E-state index in [1.807, 2.05) is 30.3 Å². The quantitative estimate of drug-likeness (QED) is 0.693. The zero-order valence-corrected chi connectivity index (χ0v) is 13.9. The molecular formula is C17H16N2O3S. The van der Waals surface area contributed by atoms with Gasteiger partial charge in [-0.3, -0.25) is 9.69 Å². The number of hydrogen-bond donors (Lipinski definition) is 1. The Labute approximate surface area is 139 Å². The molecule has 1 fully saturated rings. The topological polar surface area (TPSA) is 50.8 Å². The first-order valence-electron chi connectivity index (χ1n) is 7.00. The van der Waals surface area contributed by atoms with Crippen molar-refractivity contribution in [2.24, 2.45) is 0 Å². The van der Waals surface area contributed by atoms with E-state index in [-0.39, 0.29) is 5.91 Å². The number of ether oxygens (including phenoxy) is 2. The van der Waals surface area contributed by atoms with Crippen LogP contribution in [0, 0.1) is 0 Å². The molecule has 118 valence electrons. The van der Waals surface area contributed by atoms with E-state index in [4.69, 9.17) is 21.7 Å². The third-order valence-corrected chi connectivity index (χ3v) is 4.20. The van der Waals surface area contributed by atoms with Crippen molar-refractivity contribution < 1.29 is 14.3 Å². The molecule has 5 nitrogen and oxygen atoms in total. The summed E-state index contributed by atoms with van der Waals surface area (Å²) in [5.74, 6) is 1.24. The molecule has 0 spiro atoms. The fraction of sp³-hybridized carbons (Fsp3) is 0.176. The summed E-state index contributed by atoms with van der Waals surface area (Å²) < 4.78 is 10.8. The Kier molecular flexibility index (Phi) is 3.92.